The third-order valence-corrected chi connectivity index (χ3v) is 17.0. The highest BCUT2D eigenvalue weighted by Gasteiger charge is 2.39. The number of hydrogen-bond acceptors (Lipinski definition) is 5. The van der Waals surface area contributed by atoms with Crippen LogP contribution in [0.25, 0.3) is 10.9 Å². The number of rotatable bonds is 9. The molecule has 2 aromatic carbocycles. The number of hydrogen-bond donors (Lipinski definition) is 2. The molecule has 0 aliphatic rings. The number of para-hydroxylation sites is 1. The number of anilines is 2. The first kappa shape index (κ1) is 29.2. The van der Waals surface area contributed by atoms with Gasteiger partial charge in [0.15, 0.2) is 8.32 Å². The van der Waals surface area contributed by atoms with Crippen LogP contribution in [0.1, 0.15) is 47.1 Å². The molecule has 0 bridgehead atoms. The molecule has 3 rings (SSSR count). The zero-order chi connectivity index (χ0) is 27.6. The van der Waals surface area contributed by atoms with Gasteiger partial charge < -0.3 is 19.9 Å². The summed E-state index contributed by atoms with van der Waals surface area (Å²) < 4.78 is 13.2. The molecule has 0 aliphatic heterocycles. The highest BCUT2D eigenvalue weighted by Crippen LogP contribution is 2.38. The number of fused-ring (bicyclic) bond motifs is 1. The maximum absolute atomic E-state index is 6.68. The summed E-state index contributed by atoms with van der Waals surface area (Å²) in [6, 6.07) is 16.7. The van der Waals surface area contributed by atoms with Gasteiger partial charge in [0.25, 0.3) is 0 Å². The van der Waals surface area contributed by atoms with Crippen LogP contribution in [0.2, 0.25) is 36.3 Å². The summed E-state index contributed by atoms with van der Waals surface area (Å²) in [5, 5.41) is 5.07. The molecule has 7 heteroatoms. The second kappa shape index (κ2) is 10.8. The number of aromatic nitrogens is 1. The second-order valence-corrected chi connectivity index (χ2v) is 22.8. The zero-order valence-corrected chi connectivity index (χ0v) is 26.5. The fourth-order valence-electron chi connectivity index (χ4n) is 3.62. The molecule has 0 saturated heterocycles. The lowest BCUT2D eigenvalue weighted by atomic mass is 10.0. The van der Waals surface area contributed by atoms with Crippen molar-refractivity contribution >= 4 is 38.9 Å². The summed E-state index contributed by atoms with van der Waals surface area (Å²) in [6.45, 7) is 23.4. The Balaban J connectivity index is 1.86. The van der Waals surface area contributed by atoms with Crippen molar-refractivity contribution in [1.82, 2.24) is 4.98 Å². The average molecular weight is 538 g/mol. The zero-order valence-electron chi connectivity index (χ0n) is 24.5. The van der Waals surface area contributed by atoms with Gasteiger partial charge in [0, 0.05) is 5.39 Å². The molecule has 1 atom stereocenters. The predicted octanol–water partition coefficient (Wildman–Crippen LogP) is 8.25. The van der Waals surface area contributed by atoms with Crippen LogP contribution in [0.5, 0.6) is 5.75 Å². The first-order chi connectivity index (χ1) is 17.0. The van der Waals surface area contributed by atoms with E-state index in [2.05, 4.69) is 108 Å². The molecule has 0 fully saturated rings. The number of nitrogen functional groups attached to an aromatic ring is 1. The molecule has 202 valence electrons. The first-order valence-electron chi connectivity index (χ1n) is 13.3. The van der Waals surface area contributed by atoms with Crippen LogP contribution in [0, 0.1) is 0 Å². The Hall–Kier alpha value is -2.36. The first-order valence-corrected chi connectivity index (χ1v) is 19.1. The monoisotopic (exact) mass is 537 g/mol. The van der Waals surface area contributed by atoms with E-state index in [0.717, 1.165) is 28.8 Å². The van der Waals surface area contributed by atoms with E-state index in [1.807, 2.05) is 18.2 Å². The molecule has 37 heavy (non-hydrogen) atoms. The smallest absolute Gasteiger partial charge is 0.250 e. The minimum absolute atomic E-state index is 0.0504. The predicted molar refractivity (Wildman–Crippen MR) is 165 cm³/mol. The molecule has 5 nitrogen and oxygen atoms in total. The van der Waals surface area contributed by atoms with Gasteiger partial charge in [-0.05, 0) is 66.4 Å². The van der Waals surface area contributed by atoms with Crippen LogP contribution in [-0.2, 0) is 10.8 Å². The normalized spacial score (nSPS) is 14.0. The Morgan fingerprint density at radius 1 is 0.865 bits per heavy atom. The summed E-state index contributed by atoms with van der Waals surface area (Å²) in [6.07, 6.45) is 2.55. The summed E-state index contributed by atoms with van der Waals surface area (Å²) in [5.74, 6) is 0.946. The van der Waals surface area contributed by atoms with Crippen LogP contribution in [0.3, 0.4) is 0 Å². The minimum Gasteiger partial charge on any atom is -0.544 e. The summed E-state index contributed by atoms with van der Waals surface area (Å²) >= 11 is 0. The van der Waals surface area contributed by atoms with E-state index < -0.39 is 16.6 Å². The maximum Gasteiger partial charge on any atom is 0.250 e. The van der Waals surface area contributed by atoms with Crippen LogP contribution in [0.4, 0.5) is 11.4 Å². The Kier molecular flexibility index (Phi) is 8.52. The third kappa shape index (κ3) is 7.15. The number of nitrogens with one attached hydrogen (secondary N) is 1. The molecule has 0 radical (unpaired) electrons. The lowest BCUT2D eigenvalue weighted by Gasteiger charge is -2.37. The van der Waals surface area contributed by atoms with E-state index in [4.69, 9.17) is 14.6 Å². The van der Waals surface area contributed by atoms with Crippen molar-refractivity contribution in [3.63, 3.8) is 0 Å². The molecule has 0 aliphatic carbocycles. The summed E-state index contributed by atoms with van der Waals surface area (Å²) in [5.41, 5.74) is 10.2. The molecular weight excluding hydrogens is 491 g/mol. The molecule has 3 aromatic rings. The lowest BCUT2D eigenvalue weighted by Crippen LogP contribution is -2.44. The fourth-order valence-corrected chi connectivity index (χ4v) is 5.71. The van der Waals surface area contributed by atoms with Gasteiger partial charge in [-0.2, -0.15) is 0 Å². The number of nitrogens with two attached hydrogens (primary N) is 1. The Morgan fingerprint density at radius 3 is 2.05 bits per heavy atom. The SMILES string of the molecule is CC(C)(C)[Si](C)(C)OC[C@H](Cc1ccc(O[Si](C)(C)C(C)(C)C)cc1)Nc1c(N)cnc2ccccc12. The molecule has 0 saturated carbocycles. The van der Waals surface area contributed by atoms with Gasteiger partial charge in [0.2, 0.25) is 8.32 Å². The second-order valence-electron chi connectivity index (χ2n) is 13.2. The van der Waals surface area contributed by atoms with Gasteiger partial charge in [-0.3, -0.25) is 4.98 Å². The van der Waals surface area contributed by atoms with Gasteiger partial charge in [-0.15, -0.1) is 0 Å². The molecule has 0 amide bonds. The van der Waals surface area contributed by atoms with Gasteiger partial charge in [0.1, 0.15) is 5.75 Å². The highest BCUT2D eigenvalue weighted by molar-refractivity contribution is 6.75. The molecule has 3 N–H and O–H groups in total. The molecule has 0 unspecified atom stereocenters. The van der Waals surface area contributed by atoms with E-state index in [0.29, 0.717) is 12.3 Å². The Bertz CT molecular complexity index is 1200. The van der Waals surface area contributed by atoms with Crippen LogP contribution in [-0.4, -0.2) is 34.3 Å². The molecule has 0 spiro atoms. The van der Waals surface area contributed by atoms with Gasteiger partial charge in [-0.1, -0.05) is 71.9 Å². The summed E-state index contributed by atoms with van der Waals surface area (Å²) in [4.78, 5) is 4.51. The van der Waals surface area contributed by atoms with Gasteiger partial charge >= 0.3 is 0 Å². The van der Waals surface area contributed by atoms with Crippen molar-refractivity contribution in [2.45, 2.75) is 90.3 Å². The number of benzene rings is 2. The van der Waals surface area contributed by atoms with Crippen LogP contribution in [0.15, 0.2) is 54.7 Å². The van der Waals surface area contributed by atoms with E-state index >= 15 is 0 Å². The van der Waals surface area contributed by atoms with Crippen molar-refractivity contribution < 1.29 is 8.85 Å². The standard InChI is InChI=1S/C30H47N3O2Si2/c1-29(2,3)36(7,8)34-21-23(33-28-25-13-11-12-14-27(25)32-20-26(28)31)19-22-15-17-24(18-16-22)35-37(9,10)30(4,5)6/h11-18,20,23H,19,21,31H2,1-10H3,(H,32,33)/t23-/m0/s1. The number of pyridine rings is 1. The third-order valence-electron chi connectivity index (χ3n) is 8.19. The van der Waals surface area contributed by atoms with E-state index in [1.54, 1.807) is 6.20 Å². The average Bonchev–Trinajstić information content (AvgIpc) is 2.79. The Labute approximate surface area is 226 Å². The molecule has 1 heterocycles. The van der Waals surface area contributed by atoms with Crippen molar-refractivity contribution in [2.24, 2.45) is 0 Å². The number of nitrogens with zero attached hydrogens (tertiary/aromatic N) is 1. The van der Waals surface area contributed by atoms with Gasteiger partial charge in [0.05, 0.1) is 35.7 Å². The van der Waals surface area contributed by atoms with Crippen LogP contribution < -0.4 is 15.5 Å². The van der Waals surface area contributed by atoms with Crippen LogP contribution >= 0.6 is 0 Å². The molecular formula is C30H47N3O2Si2. The van der Waals surface area contributed by atoms with E-state index in [9.17, 15) is 0 Å². The lowest BCUT2D eigenvalue weighted by molar-refractivity contribution is 0.270. The Morgan fingerprint density at radius 2 is 1.46 bits per heavy atom. The maximum atomic E-state index is 6.68. The topological polar surface area (TPSA) is 69.4 Å². The van der Waals surface area contributed by atoms with Gasteiger partial charge in [-0.25, -0.2) is 0 Å². The van der Waals surface area contributed by atoms with Crippen molar-refractivity contribution in [2.75, 3.05) is 17.7 Å². The van der Waals surface area contributed by atoms with Crippen molar-refractivity contribution in [3.05, 3.63) is 60.3 Å². The fraction of sp³-hybridized carbons (Fsp3) is 0.500. The molecule has 1 aromatic heterocycles. The van der Waals surface area contributed by atoms with Crippen molar-refractivity contribution in [1.29, 1.82) is 0 Å². The summed E-state index contributed by atoms with van der Waals surface area (Å²) in [7, 11) is -3.80. The minimum atomic E-state index is -1.92. The van der Waals surface area contributed by atoms with E-state index in [-0.39, 0.29) is 16.1 Å². The highest BCUT2D eigenvalue weighted by atomic mass is 28.4. The van der Waals surface area contributed by atoms with E-state index in [1.165, 1.54) is 5.56 Å². The largest absolute Gasteiger partial charge is 0.544 e. The quantitative estimate of drug-likeness (QED) is 0.269. The van der Waals surface area contributed by atoms with Crippen molar-refractivity contribution in [3.8, 4) is 5.75 Å².